The average molecular weight is 236 g/mol. The second-order valence-corrected chi connectivity index (χ2v) is 3.33. The minimum atomic E-state index is -2.51. The number of hydrogen-bond acceptors (Lipinski definition) is 1. The first-order chi connectivity index (χ1) is 5.61. The minimum absolute atomic E-state index is 0.444. The highest BCUT2D eigenvalue weighted by molar-refractivity contribution is 9.10. The molecule has 1 atom stereocenters. The molecule has 0 radical (unpaired) electrons. The van der Waals surface area contributed by atoms with Crippen LogP contribution in [0.2, 0.25) is 0 Å². The van der Waals surface area contributed by atoms with E-state index in [2.05, 4.69) is 15.9 Å². The van der Waals surface area contributed by atoms with Gasteiger partial charge in [-0.2, -0.15) is 0 Å². The van der Waals surface area contributed by atoms with Crippen molar-refractivity contribution in [2.24, 2.45) is 5.73 Å². The van der Waals surface area contributed by atoms with Crippen molar-refractivity contribution < 1.29 is 8.78 Å². The fraction of sp³-hybridized carbons (Fsp3) is 0.250. The molecule has 12 heavy (non-hydrogen) atoms. The maximum Gasteiger partial charge on any atom is 0.257 e. The predicted molar refractivity (Wildman–Crippen MR) is 47.1 cm³/mol. The van der Waals surface area contributed by atoms with Crippen molar-refractivity contribution in [2.45, 2.75) is 12.5 Å². The van der Waals surface area contributed by atoms with E-state index in [1.54, 1.807) is 24.3 Å². The molecule has 66 valence electrons. The number of benzene rings is 1. The van der Waals surface area contributed by atoms with Gasteiger partial charge in [-0.3, -0.25) is 0 Å². The summed E-state index contributed by atoms with van der Waals surface area (Å²) in [6.45, 7) is 0. The Bertz CT molecular complexity index is 265. The van der Waals surface area contributed by atoms with Gasteiger partial charge in [-0.25, -0.2) is 8.78 Å². The third-order valence-electron chi connectivity index (χ3n) is 1.51. The summed E-state index contributed by atoms with van der Waals surface area (Å²) in [7, 11) is 0. The first-order valence-corrected chi connectivity index (χ1v) is 4.20. The Morgan fingerprint density at radius 2 is 2.00 bits per heavy atom. The van der Waals surface area contributed by atoms with Crippen LogP contribution in [0.25, 0.3) is 0 Å². The standard InChI is InChI=1S/C8H8BrF2N/c9-6-3-1-2-5(4-6)7(12)8(10)11/h1-4,7-8H,12H2/t7-/m1/s1. The third kappa shape index (κ3) is 2.25. The van der Waals surface area contributed by atoms with E-state index < -0.39 is 12.5 Å². The first kappa shape index (κ1) is 9.61. The summed E-state index contributed by atoms with van der Waals surface area (Å²) in [6.07, 6.45) is -2.51. The Labute approximate surface area is 77.7 Å². The number of halogens is 3. The molecule has 0 aliphatic carbocycles. The lowest BCUT2D eigenvalue weighted by molar-refractivity contribution is 0.116. The smallest absolute Gasteiger partial charge is 0.257 e. The number of alkyl halides is 2. The van der Waals surface area contributed by atoms with Crippen LogP contribution < -0.4 is 5.73 Å². The second-order valence-electron chi connectivity index (χ2n) is 2.42. The van der Waals surface area contributed by atoms with Gasteiger partial charge in [0.15, 0.2) is 0 Å². The van der Waals surface area contributed by atoms with Gasteiger partial charge in [0.1, 0.15) is 0 Å². The van der Waals surface area contributed by atoms with Crippen LogP contribution in [0.1, 0.15) is 11.6 Å². The van der Waals surface area contributed by atoms with E-state index in [1.807, 2.05) is 0 Å². The van der Waals surface area contributed by atoms with Gasteiger partial charge in [0, 0.05) is 4.47 Å². The SMILES string of the molecule is N[C@H](c1cccc(Br)c1)C(F)F. The molecule has 0 heterocycles. The topological polar surface area (TPSA) is 26.0 Å². The lowest BCUT2D eigenvalue weighted by atomic mass is 10.1. The molecule has 1 aromatic rings. The van der Waals surface area contributed by atoms with Crippen LogP contribution in [0, 0.1) is 0 Å². The molecule has 2 N–H and O–H groups in total. The normalized spacial score (nSPS) is 13.4. The predicted octanol–water partition coefficient (Wildman–Crippen LogP) is 2.71. The molecule has 4 heteroatoms. The van der Waals surface area contributed by atoms with Gasteiger partial charge in [0.25, 0.3) is 6.43 Å². The molecule has 0 aliphatic rings. The molecule has 1 rings (SSSR count). The quantitative estimate of drug-likeness (QED) is 0.839. The van der Waals surface area contributed by atoms with Gasteiger partial charge in [0.05, 0.1) is 6.04 Å². The van der Waals surface area contributed by atoms with Crippen LogP contribution in [0.15, 0.2) is 28.7 Å². The van der Waals surface area contributed by atoms with Gasteiger partial charge < -0.3 is 5.73 Å². The molecule has 0 aromatic heterocycles. The second kappa shape index (κ2) is 3.96. The molecule has 0 saturated heterocycles. The number of hydrogen-bond donors (Lipinski definition) is 1. The third-order valence-corrected chi connectivity index (χ3v) is 2.00. The van der Waals surface area contributed by atoms with Crippen LogP contribution in [0.5, 0.6) is 0 Å². The summed E-state index contributed by atoms with van der Waals surface area (Å²) >= 11 is 3.18. The Morgan fingerprint density at radius 3 is 2.50 bits per heavy atom. The largest absolute Gasteiger partial charge is 0.319 e. The van der Waals surface area contributed by atoms with Crippen molar-refractivity contribution in [3.63, 3.8) is 0 Å². The average Bonchev–Trinajstić information content (AvgIpc) is 2.03. The fourth-order valence-electron chi connectivity index (χ4n) is 0.859. The highest BCUT2D eigenvalue weighted by Crippen LogP contribution is 2.20. The summed E-state index contributed by atoms with van der Waals surface area (Å²) in [5.74, 6) is 0. The Morgan fingerprint density at radius 1 is 1.33 bits per heavy atom. The van der Waals surface area contributed by atoms with Crippen LogP contribution in [-0.2, 0) is 0 Å². The summed E-state index contributed by atoms with van der Waals surface area (Å²) < 4.78 is 25.0. The fourth-order valence-corrected chi connectivity index (χ4v) is 1.28. The van der Waals surface area contributed by atoms with E-state index >= 15 is 0 Å². The van der Waals surface area contributed by atoms with Crippen molar-refractivity contribution in [1.82, 2.24) is 0 Å². The zero-order valence-electron chi connectivity index (χ0n) is 6.18. The molecule has 1 nitrogen and oxygen atoms in total. The Balaban J connectivity index is 2.88. The van der Waals surface area contributed by atoms with Crippen molar-refractivity contribution in [3.05, 3.63) is 34.3 Å². The zero-order valence-corrected chi connectivity index (χ0v) is 7.76. The lowest BCUT2D eigenvalue weighted by Crippen LogP contribution is -2.18. The van der Waals surface area contributed by atoms with Gasteiger partial charge in [-0.1, -0.05) is 28.1 Å². The van der Waals surface area contributed by atoms with Gasteiger partial charge in [0.2, 0.25) is 0 Å². The lowest BCUT2D eigenvalue weighted by Gasteiger charge is -2.10. The van der Waals surface area contributed by atoms with Gasteiger partial charge in [-0.05, 0) is 17.7 Å². The molecular weight excluding hydrogens is 228 g/mol. The Kier molecular flexibility index (Phi) is 3.17. The molecule has 0 amide bonds. The summed E-state index contributed by atoms with van der Waals surface area (Å²) in [5.41, 5.74) is 5.68. The van der Waals surface area contributed by atoms with E-state index in [4.69, 9.17) is 5.73 Å². The summed E-state index contributed by atoms with van der Waals surface area (Å²) in [6, 6.07) is 5.43. The summed E-state index contributed by atoms with van der Waals surface area (Å²) in [4.78, 5) is 0. The van der Waals surface area contributed by atoms with E-state index in [1.165, 1.54) is 0 Å². The van der Waals surface area contributed by atoms with Crippen LogP contribution >= 0.6 is 15.9 Å². The van der Waals surface area contributed by atoms with E-state index in [-0.39, 0.29) is 0 Å². The zero-order chi connectivity index (χ0) is 9.14. The first-order valence-electron chi connectivity index (χ1n) is 3.40. The minimum Gasteiger partial charge on any atom is -0.319 e. The molecular formula is C8H8BrF2N. The number of nitrogens with two attached hydrogens (primary N) is 1. The van der Waals surface area contributed by atoms with Crippen molar-refractivity contribution in [1.29, 1.82) is 0 Å². The Hall–Kier alpha value is -0.480. The van der Waals surface area contributed by atoms with Crippen LogP contribution in [0.3, 0.4) is 0 Å². The van der Waals surface area contributed by atoms with E-state index in [0.717, 1.165) is 4.47 Å². The molecule has 0 spiro atoms. The molecule has 0 bridgehead atoms. The van der Waals surface area contributed by atoms with Crippen LogP contribution in [-0.4, -0.2) is 6.43 Å². The van der Waals surface area contributed by atoms with Crippen molar-refractivity contribution in [2.75, 3.05) is 0 Å². The van der Waals surface area contributed by atoms with Gasteiger partial charge >= 0.3 is 0 Å². The highest BCUT2D eigenvalue weighted by Gasteiger charge is 2.16. The van der Waals surface area contributed by atoms with Gasteiger partial charge in [-0.15, -0.1) is 0 Å². The van der Waals surface area contributed by atoms with Crippen molar-refractivity contribution in [3.8, 4) is 0 Å². The highest BCUT2D eigenvalue weighted by atomic mass is 79.9. The molecule has 0 unspecified atom stereocenters. The van der Waals surface area contributed by atoms with E-state index in [0.29, 0.717) is 5.56 Å². The van der Waals surface area contributed by atoms with Crippen LogP contribution in [0.4, 0.5) is 8.78 Å². The van der Waals surface area contributed by atoms with E-state index in [9.17, 15) is 8.78 Å². The number of rotatable bonds is 2. The monoisotopic (exact) mass is 235 g/mol. The summed E-state index contributed by atoms with van der Waals surface area (Å²) in [5, 5.41) is 0. The van der Waals surface area contributed by atoms with Crippen molar-refractivity contribution >= 4 is 15.9 Å². The molecule has 1 aromatic carbocycles. The molecule has 0 aliphatic heterocycles. The maximum absolute atomic E-state index is 12.1. The molecule has 0 fully saturated rings. The molecule has 0 saturated carbocycles. The maximum atomic E-state index is 12.1.